The normalized spacial score (nSPS) is 13.1. The van der Waals surface area contributed by atoms with E-state index in [0.717, 1.165) is 23.2 Å². The molecule has 7 rings (SSSR count). The van der Waals surface area contributed by atoms with Crippen molar-refractivity contribution in [2.75, 3.05) is 0 Å². The molecule has 5 aromatic carbocycles. The Labute approximate surface area is 186 Å². The van der Waals surface area contributed by atoms with Crippen LogP contribution >= 0.6 is 0 Å². The van der Waals surface area contributed by atoms with Gasteiger partial charge in [-0.3, -0.25) is 0 Å². The maximum atomic E-state index is 6.18. The first-order valence-corrected chi connectivity index (χ1v) is 11.1. The van der Waals surface area contributed by atoms with Crippen LogP contribution in [0.5, 0.6) is 0 Å². The summed E-state index contributed by atoms with van der Waals surface area (Å²) in [4.78, 5) is 0. The minimum absolute atomic E-state index is 0.899. The maximum Gasteiger partial charge on any atom is 0.134 e. The molecule has 1 aliphatic rings. The molecule has 0 saturated heterocycles. The van der Waals surface area contributed by atoms with Gasteiger partial charge in [0.15, 0.2) is 0 Å². The van der Waals surface area contributed by atoms with Gasteiger partial charge in [-0.1, -0.05) is 78.9 Å². The third-order valence-corrected chi connectivity index (χ3v) is 6.67. The van der Waals surface area contributed by atoms with E-state index in [-0.39, 0.29) is 0 Å². The van der Waals surface area contributed by atoms with Gasteiger partial charge in [-0.05, 0) is 79.7 Å². The van der Waals surface area contributed by atoms with Gasteiger partial charge in [0.2, 0.25) is 0 Å². The summed E-state index contributed by atoms with van der Waals surface area (Å²) in [6.45, 7) is 0. The van der Waals surface area contributed by atoms with Gasteiger partial charge in [0.05, 0.1) is 0 Å². The molecule has 1 heteroatoms. The van der Waals surface area contributed by atoms with Crippen LogP contribution in [0.2, 0.25) is 0 Å². The van der Waals surface area contributed by atoms with Crippen LogP contribution in [0.3, 0.4) is 0 Å². The molecule has 0 radical (unpaired) electrons. The molecule has 1 nitrogen and oxygen atoms in total. The number of benzene rings is 5. The molecular formula is C31H20O. The van der Waals surface area contributed by atoms with Gasteiger partial charge in [-0.25, -0.2) is 0 Å². The fourth-order valence-corrected chi connectivity index (χ4v) is 5.10. The fraction of sp³-hybridized carbons (Fsp3) is 0.0323. The third kappa shape index (κ3) is 2.65. The minimum atomic E-state index is 0.899. The second kappa shape index (κ2) is 6.70. The Morgan fingerprint density at radius 3 is 2.16 bits per heavy atom. The Kier molecular flexibility index (Phi) is 3.68. The molecule has 0 N–H and O–H groups in total. The van der Waals surface area contributed by atoms with Crippen LogP contribution in [0.4, 0.5) is 0 Å². The van der Waals surface area contributed by atoms with Gasteiger partial charge in [-0.2, -0.15) is 0 Å². The molecular weight excluding hydrogens is 388 g/mol. The molecule has 0 aliphatic heterocycles. The summed E-state index contributed by atoms with van der Waals surface area (Å²) in [5.41, 5.74) is 7.43. The lowest BCUT2D eigenvalue weighted by Gasteiger charge is -2.12. The van der Waals surface area contributed by atoms with E-state index in [9.17, 15) is 0 Å². The van der Waals surface area contributed by atoms with Crippen LogP contribution in [0.25, 0.3) is 55.3 Å². The van der Waals surface area contributed by atoms with E-state index in [4.69, 9.17) is 4.42 Å². The van der Waals surface area contributed by atoms with Gasteiger partial charge in [-0.15, -0.1) is 0 Å². The van der Waals surface area contributed by atoms with E-state index in [1.165, 1.54) is 49.4 Å². The van der Waals surface area contributed by atoms with E-state index in [1.54, 1.807) is 0 Å². The average molecular weight is 409 g/mol. The van der Waals surface area contributed by atoms with Gasteiger partial charge in [0.1, 0.15) is 11.3 Å². The van der Waals surface area contributed by atoms with E-state index in [1.807, 2.05) is 12.1 Å². The number of para-hydroxylation sites is 1. The van der Waals surface area contributed by atoms with Crippen LogP contribution in [0.15, 0.2) is 108 Å². The average Bonchev–Trinajstić information content (AvgIpc) is 3.46. The van der Waals surface area contributed by atoms with Gasteiger partial charge >= 0.3 is 0 Å². The lowest BCUT2D eigenvalue weighted by Crippen LogP contribution is -1.89. The number of hydrogen-bond donors (Lipinski definition) is 0. The monoisotopic (exact) mass is 408 g/mol. The van der Waals surface area contributed by atoms with Crippen molar-refractivity contribution < 1.29 is 4.42 Å². The quantitative estimate of drug-likeness (QED) is 0.262. The fourth-order valence-electron chi connectivity index (χ4n) is 5.10. The number of fused-ring (bicyclic) bond motifs is 4. The highest BCUT2D eigenvalue weighted by Gasteiger charge is 2.21. The first-order valence-electron chi connectivity index (χ1n) is 11.1. The molecule has 0 atom stereocenters. The van der Waals surface area contributed by atoms with Crippen molar-refractivity contribution in [2.24, 2.45) is 0 Å². The summed E-state index contributed by atoms with van der Waals surface area (Å²) >= 11 is 0. The summed E-state index contributed by atoms with van der Waals surface area (Å²) in [6, 6.07) is 36.9. The predicted octanol–water partition coefficient (Wildman–Crippen LogP) is 8.50. The Balaban J connectivity index is 1.42. The molecule has 1 aromatic heterocycles. The topological polar surface area (TPSA) is 13.1 Å². The van der Waals surface area contributed by atoms with Crippen LogP contribution < -0.4 is 0 Å². The van der Waals surface area contributed by atoms with Gasteiger partial charge in [0, 0.05) is 11.8 Å². The third-order valence-electron chi connectivity index (χ3n) is 6.67. The first kappa shape index (κ1) is 17.6. The summed E-state index contributed by atoms with van der Waals surface area (Å²) < 4.78 is 6.18. The Morgan fingerprint density at radius 1 is 0.562 bits per heavy atom. The number of rotatable bonds is 2. The molecule has 0 spiro atoms. The zero-order chi connectivity index (χ0) is 21.1. The van der Waals surface area contributed by atoms with E-state index >= 15 is 0 Å². The molecule has 32 heavy (non-hydrogen) atoms. The Morgan fingerprint density at radius 2 is 1.28 bits per heavy atom. The molecule has 0 fully saturated rings. The lowest BCUT2D eigenvalue weighted by atomic mass is 9.92. The molecule has 1 heterocycles. The standard InChI is InChI=1S/C31H20O/c1-2-8-21-17-28-22(15-20(21)7-1)10-5-12-26(28)27-13-6-11-23-16-25(18-29(23)27)31-19-24-9-3-4-14-30(24)32-31/h1-15,17-19H,16H2. The van der Waals surface area contributed by atoms with Gasteiger partial charge < -0.3 is 4.42 Å². The highest BCUT2D eigenvalue weighted by atomic mass is 16.3. The molecule has 0 unspecified atom stereocenters. The molecule has 0 amide bonds. The molecule has 150 valence electrons. The maximum absolute atomic E-state index is 6.18. The Hall–Kier alpha value is -4.10. The second-order valence-corrected chi connectivity index (χ2v) is 8.60. The van der Waals surface area contributed by atoms with Gasteiger partial charge in [0.25, 0.3) is 0 Å². The van der Waals surface area contributed by atoms with E-state index in [2.05, 4.69) is 97.1 Å². The van der Waals surface area contributed by atoms with Crippen molar-refractivity contribution in [3.63, 3.8) is 0 Å². The predicted molar refractivity (Wildman–Crippen MR) is 135 cm³/mol. The van der Waals surface area contributed by atoms with Crippen molar-refractivity contribution >= 4 is 44.2 Å². The van der Waals surface area contributed by atoms with Crippen LogP contribution in [0.1, 0.15) is 16.9 Å². The molecule has 1 aliphatic carbocycles. The van der Waals surface area contributed by atoms with Crippen molar-refractivity contribution in [3.05, 3.63) is 120 Å². The Bertz CT molecular complexity index is 1660. The lowest BCUT2D eigenvalue weighted by molar-refractivity contribution is 0.598. The highest BCUT2D eigenvalue weighted by molar-refractivity contribution is 6.07. The summed E-state index contributed by atoms with van der Waals surface area (Å²) in [6.07, 6.45) is 3.22. The molecule has 0 bridgehead atoms. The van der Waals surface area contributed by atoms with Crippen LogP contribution in [0, 0.1) is 0 Å². The minimum Gasteiger partial charge on any atom is -0.456 e. The second-order valence-electron chi connectivity index (χ2n) is 8.60. The zero-order valence-electron chi connectivity index (χ0n) is 17.5. The zero-order valence-corrected chi connectivity index (χ0v) is 17.5. The van der Waals surface area contributed by atoms with E-state index < -0.39 is 0 Å². The number of hydrogen-bond acceptors (Lipinski definition) is 1. The van der Waals surface area contributed by atoms with Crippen molar-refractivity contribution in [3.8, 4) is 11.1 Å². The summed E-state index contributed by atoms with van der Waals surface area (Å²) in [7, 11) is 0. The molecule has 6 aromatic rings. The SMILES string of the molecule is C1=C(c2cc3ccccc3o2)Cc2cccc(-c3cccc4cc5ccccc5cc34)c21. The smallest absolute Gasteiger partial charge is 0.134 e. The molecule has 0 saturated carbocycles. The highest BCUT2D eigenvalue weighted by Crippen LogP contribution is 2.41. The summed E-state index contributed by atoms with van der Waals surface area (Å²) in [5.74, 6) is 0.970. The largest absolute Gasteiger partial charge is 0.456 e. The van der Waals surface area contributed by atoms with Crippen molar-refractivity contribution in [1.29, 1.82) is 0 Å². The van der Waals surface area contributed by atoms with E-state index in [0.29, 0.717) is 0 Å². The number of allylic oxidation sites excluding steroid dienone is 1. The van der Waals surface area contributed by atoms with Crippen LogP contribution in [-0.4, -0.2) is 0 Å². The van der Waals surface area contributed by atoms with Crippen molar-refractivity contribution in [2.45, 2.75) is 6.42 Å². The van der Waals surface area contributed by atoms with Crippen molar-refractivity contribution in [1.82, 2.24) is 0 Å². The number of furan rings is 1. The van der Waals surface area contributed by atoms with Crippen LogP contribution in [-0.2, 0) is 6.42 Å². The summed E-state index contributed by atoms with van der Waals surface area (Å²) in [5, 5.41) is 6.28. The first-order chi connectivity index (χ1) is 15.8.